The van der Waals surface area contributed by atoms with Crippen molar-refractivity contribution in [1.29, 1.82) is 0 Å². The Balaban J connectivity index is 1.49. The molecule has 1 aliphatic heterocycles. The molecule has 2 heterocycles. The number of fused-ring (bicyclic) bond motifs is 1. The average Bonchev–Trinajstić information content (AvgIpc) is 3.24. The van der Waals surface area contributed by atoms with E-state index in [9.17, 15) is 9.59 Å². The fourth-order valence-corrected chi connectivity index (χ4v) is 3.61. The van der Waals surface area contributed by atoms with Gasteiger partial charge >= 0.3 is 0 Å². The number of thiophene rings is 1. The number of allylic oxidation sites excluding steroid dienone is 1. The number of aryl methyl sites for hydroxylation is 1. The number of ether oxygens (including phenoxy) is 2. The van der Waals surface area contributed by atoms with Crippen LogP contribution in [0.25, 0.3) is 6.08 Å². The van der Waals surface area contributed by atoms with E-state index in [-0.39, 0.29) is 18.2 Å². The number of rotatable bonds is 5. The average molecular weight is 376 g/mol. The van der Waals surface area contributed by atoms with Gasteiger partial charge in [0.15, 0.2) is 18.1 Å². The molecular formula is C22H16O4S. The molecule has 2 aromatic carbocycles. The first-order chi connectivity index (χ1) is 13.1. The number of hydrogen-bond donors (Lipinski definition) is 0. The van der Waals surface area contributed by atoms with Crippen LogP contribution < -0.4 is 9.47 Å². The fraction of sp³-hybridized carbons (Fsp3) is 0.0909. The smallest absolute Gasteiger partial charge is 0.232 e. The zero-order valence-electron chi connectivity index (χ0n) is 14.6. The van der Waals surface area contributed by atoms with E-state index in [1.165, 1.54) is 0 Å². The van der Waals surface area contributed by atoms with Gasteiger partial charge in [-0.2, -0.15) is 0 Å². The lowest BCUT2D eigenvalue weighted by molar-refractivity contribution is 0.0921. The van der Waals surface area contributed by atoms with Gasteiger partial charge in [-0.15, -0.1) is 11.3 Å². The van der Waals surface area contributed by atoms with Crippen LogP contribution in [0, 0.1) is 6.92 Å². The summed E-state index contributed by atoms with van der Waals surface area (Å²) in [6, 6.07) is 16.0. The van der Waals surface area contributed by atoms with Gasteiger partial charge < -0.3 is 9.47 Å². The highest BCUT2D eigenvalue weighted by atomic mass is 32.1. The lowest BCUT2D eigenvalue weighted by Crippen LogP contribution is -2.11. The molecule has 1 aromatic heterocycles. The summed E-state index contributed by atoms with van der Waals surface area (Å²) in [4.78, 5) is 25.7. The molecule has 0 saturated carbocycles. The Kier molecular flexibility index (Phi) is 4.60. The molecule has 4 rings (SSSR count). The fourth-order valence-electron chi connectivity index (χ4n) is 2.76. The summed E-state index contributed by atoms with van der Waals surface area (Å²) < 4.78 is 11.3. The molecule has 1 aliphatic rings. The second kappa shape index (κ2) is 7.21. The molecule has 0 fully saturated rings. The third-order valence-electron chi connectivity index (χ3n) is 4.27. The Bertz CT molecular complexity index is 1050. The highest BCUT2D eigenvalue weighted by Crippen LogP contribution is 2.35. The van der Waals surface area contributed by atoms with E-state index in [4.69, 9.17) is 9.47 Å². The molecule has 5 heteroatoms. The molecule has 0 bridgehead atoms. The molecule has 0 atom stereocenters. The van der Waals surface area contributed by atoms with Gasteiger partial charge in [-0.25, -0.2) is 0 Å². The second-order valence-corrected chi connectivity index (χ2v) is 7.09. The quantitative estimate of drug-likeness (QED) is 0.468. The van der Waals surface area contributed by atoms with Gasteiger partial charge in [-0.1, -0.05) is 30.3 Å². The van der Waals surface area contributed by atoms with Crippen molar-refractivity contribution >= 4 is 29.0 Å². The molecule has 27 heavy (non-hydrogen) atoms. The molecule has 0 saturated heterocycles. The zero-order valence-corrected chi connectivity index (χ0v) is 15.4. The van der Waals surface area contributed by atoms with Gasteiger partial charge in [0, 0.05) is 22.6 Å². The first-order valence-corrected chi connectivity index (χ1v) is 9.33. The Hall–Kier alpha value is -3.18. The molecule has 3 aromatic rings. The summed E-state index contributed by atoms with van der Waals surface area (Å²) in [6.45, 7) is 1.92. The maximum absolute atomic E-state index is 12.5. The van der Waals surface area contributed by atoms with Crippen molar-refractivity contribution in [2.45, 2.75) is 6.92 Å². The topological polar surface area (TPSA) is 52.6 Å². The number of Topliss-reactive ketones (excluding diaryl/α,β-unsaturated/α-hetero) is 2. The highest BCUT2D eigenvalue weighted by Gasteiger charge is 2.28. The van der Waals surface area contributed by atoms with Crippen LogP contribution >= 0.6 is 11.3 Å². The van der Waals surface area contributed by atoms with Gasteiger partial charge in [0.05, 0.1) is 5.56 Å². The van der Waals surface area contributed by atoms with E-state index in [2.05, 4.69) is 0 Å². The summed E-state index contributed by atoms with van der Waals surface area (Å²) in [7, 11) is 0. The first kappa shape index (κ1) is 17.2. The van der Waals surface area contributed by atoms with E-state index >= 15 is 0 Å². The van der Waals surface area contributed by atoms with Gasteiger partial charge in [-0.3, -0.25) is 9.59 Å². The molecule has 0 aliphatic carbocycles. The van der Waals surface area contributed by atoms with Crippen molar-refractivity contribution in [3.8, 4) is 11.5 Å². The van der Waals surface area contributed by atoms with Crippen LogP contribution in [-0.4, -0.2) is 18.2 Å². The van der Waals surface area contributed by atoms with Crippen molar-refractivity contribution in [3.63, 3.8) is 0 Å². The number of carbonyl (C=O) groups is 2. The molecular weight excluding hydrogens is 360 g/mol. The maximum Gasteiger partial charge on any atom is 0.232 e. The number of benzene rings is 2. The second-order valence-electron chi connectivity index (χ2n) is 6.14. The van der Waals surface area contributed by atoms with Crippen LogP contribution in [0.3, 0.4) is 0 Å². The van der Waals surface area contributed by atoms with Crippen LogP contribution in [0.2, 0.25) is 0 Å². The molecule has 134 valence electrons. The summed E-state index contributed by atoms with van der Waals surface area (Å²) >= 11 is 1.56. The van der Waals surface area contributed by atoms with Crippen molar-refractivity contribution in [3.05, 3.63) is 87.3 Å². The predicted molar refractivity (Wildman–Crippen MR) is 105 cm³/mol. The van der Waals surface area contributed by atoms with Crippen molar-refractivity contribution in [2.24, 2.45) is 0 Å². The normalized spacial score (nSPS) is 14.1. The summed E-state index contributed by atoms with van der Waals surface area (Å²) in [6.07, 6.45) is 1.77. The van der Waals surface area contributed by atoms with Crippen molar-refractivity contribution in [2.75, 3.05) is 6.61 Å². The highest BCUT2D eigenvalue weighted by molar-refractivity contribution is 7.11. The molecule has 4 nitrogen and oxygen atoms in total. The third kappa shape index (κ3) is 3.55. The van der Waals surface area contributed by atoms with Gasteiger partial charge in [-0.05, 0) is 36.1 Å². The van der Waals surface area contributed by atoms with Crippen LogP contribution in [0.1, 0.15) is 31.2 Å². The summed E-state index contributed by atoms with van der Waals surface area (Å²) in [5.74, 6) is 0.976. The lowest BCUT2D eigenvalue weighted by Gasteiger charge is -2.06. The predicted octanol–water partition coefficient (Wildman–Crippen LogP) is 4.93. The van der Waals surface area contributed by atoms with Crippen LogP contribution in [-0.2, 0) is 0 Å². The van der Waals surface area contributed by atoms with Crippen LogP contribution in [0.4, 0.5) is 0 Å². The SMILES string of the molecule is Cc1ccsc1/C=C1/Oc2cc(OCC(=O)c3ccccc3)ccc2C1=O. The van der Waals surface area contributed by atoms with Gasteiger partial charge in [0.1, 0.15) is 11.5 Å². The van der Waals surface area contributed by atoms with E-state index in [1.807, 2.05) is 36.6 Å². The van der Waals surface area contributed by atoms with Crippen LogP contribution in [0.15, 0.2) is 65.7 Å². The van der Waals surface area contributed by atoms with Crippen LogP contribution in [0.5, 0.6) is 11.5 Å². The Morgan fingerprint density at radius 3 is 2.70 bits per heavy atom. The number of ketones is 2. The minimum Gasteiger partial charge on any atom is -0.485 e. The first-order valence-electron chi connectivity index (χ1n) is 8.45. The van der Waals surface area contributed by atoms with Gasteiger partial charge in [0.2, 0.25) is 5.78 Å². The molecule has 0 spiro atoms. The van der Waals surface area contributed by atoms with E-state index < -0.39 is 0 Å². The molecule has 0 radical (unpaired) electrons. The molecule has 0 N–H and O–H groups in total. The minimum atomic E-state index is -0.148. The lowest BCUT2D eigenvalue weighted by atomic mass is 10.1. The standard InChI is InChI=1S/C22H16O4S/c1-14-9-10-27-21(14)12-20-22(24)17-8-7-16(11-19(17)26-20)25-13-18(23)15-5-3-2-4-6-15/h2-12H,13H2,1H3/b20-12+. The Labute approximate surface area is 160 Å². The number of carbonyl (C=O) groups excluding carboxylic acids is 2. The van der Waals surface area contributed by atoms with E-state index in [0.717, 1.165) is 10.4 Å². The van der Waals surface area contributed by atoms with E-state index in [0.29, 0.717) is 28.4 Å². The number of hydrogen-bond acceptors (Lipinski definition) is 5. The van der Waals surface area contributed by atoms with Crippen molar-refractivity contribution < 1.29 is 19.1 Å². The van der Waals surface area contributed by atoms with Gasteiger partial charge in [0.25, 0.3) is 0 Å². The summed E-state index contributed by atoms with van der Waals surface area (Å²) in [5.41, 5.74) is 2.20. The van der Waals surface area contributed by atoms with E-state index in [1.54, 1.807) is 47.7 Å². The largest absolute Gasteiger partial charge is 0.485 e. The Morgan fingerprint density at radius 2 is 1.96 bits per heavy atom. The molecule has 0 amide bonds. The monoisotopic (exact) mass is 376 g/mol. The minimum absolute atomic E-state index is 0.0756. The third-order valence-corrected chi connectivity index (χ3v) is 5.24. The zero-order chi connectivity index (χ0) is 18.8. The Morgan fingerprint density at radius 1 is 1.15 bits per heavy atom. The van der Waals surface area contributed by atoms with Crippen molar-refractivity contribution in [1.82, 2.24) is 0 Å². The summed E-state index contributed by atoms with van der Waals surface area (Å²) in [5, 5.41) is 1.98. The maximum atomic E-state index is 12.5. The molecule has 0 unspecified atom stereocenters.